The second-order valence-corrected chi connectivity index (χ2v) is 12.9. The molecule has 1 saturated heterocycles. The normalized spacial score (nSPS) is 18.7. The first kappa shape index (κ1) is 30.8. The number of benzene rings is 3. The fourth-order valence-electron chi connectivity index (χ4n) is 5.31. The molecule has 5 rings (SSSR count). The van der Waals surface area contributed by atoms with Gasteiger partial charge in [0.2, 0.25) is 5.91 Å². The summed E-state index contributed by atoms with van der Waals surface area (Å²) in [6.45, 7) is 8.26. The van der Waals surface area contributed by atoms with Crippen molar-refractivity contribution in [2.24, 2.45) is 4.99 Å². The first-order valence-corrected chi connectivity index (χ1v) is 15.4. The van der Waals surface area contributed by atoms with Crippen molar-refractivity contribution in [2.75, 3.05) is 19.6 Å². The summed E-state index contributed by atoms with van der Waals surface area (Å²) in [5.74, 6) is 0.617. The van der Waals surface area contributed by atoms with Crippen molar-refractivity contribution >= 4 is 51.1 Å². The SMILES string of the molecule is CCC(=O)c1ccc(C2=NC(c3ccc(Br)cc3)C(c3ccc(Cl)cc3)N2C(=O)N2CCNC(=O)C2)c(OC(C)(C)C)c1. The lowest BCUT2D eigenvalue weighted by atomic mass is 9.93. The predicted octanol–water partition coefficient (Wildman–Crippen LogP) is 6.97. The van der Waals surface area contributed by atoms with Crippen molar-refractivity contribution in [3.8, 4) is 5.75 Å². The van der Waals surface area contributed by atoms with Crippen LogP contribution in [0.1, 0.15) is 73.2 Å². The summed E-state index contributed by atoms with van der Waals surface area (Å²) in [4.78, 5) is 48.0. The molecule has 1 N–H and O–H groups in total. The van der Waals surface area contributed by atoms with E-state index >= 15 is 0 Å². The van der Waals surface area contributed by atoms with Crippen LogP contribution in [0.4, 0.5) is 4.79 Å². The van der Waals surface area contributed by atoms with E-state index in [1.807, 2.05) is 64.1 Å². The van der Waals surface area contributed by atoms with Crippen LogP contribution >= 0.6 is 27.5 Å². The highest BCUT2D eigenvalue weighted by atomic mass is 79.9. The Bertz CT molecular complexity index is 1570. The molecular formula is C33H34BrClN4O4. The highest BCUT2D eigenvalue weighted by Gasteiger charge is 2.45. The van der Waals surface area contributed by atoms with Crippen LogP contribution in [0.15, 0.2) is 76.2 Å². The average molecular weight is 666 g/mol. The van der Waals surface area contributed by atoms with Gasteiger partial charge in [-0.15, -0.1) is 0 Å². The minimum atomic E-state index is -0.595. The summed E-state index contributed by atoms with van der Waals surface area (Å²) in [5, 5.41) is 3.37. The Kier molecular flexibility index (Phi) is 8.94. The van der Waals surface area contributed by atoms with Crippen LogP contribution in [0.3, 0.4) is 0 Å². The van der Waals surface area contributed by atoms with E-state index in [9.17, 15) is 14.4 Å². The molecule has 0 aliphatic carbocycles. The number of nitrogens with zero attached hydrogens (tertiary/aromatic N) is 3. The maximum absolute atomic E-state index is 14.5. The van der Waals surface area contributed by atoms with Crippen molar-refractivity contribution < 1.29 is 19.1 Å². The summed E-state index contributed by atoms with van der Waals surface area (Å²) in [7, 11) is 0. The van der Waals surface area contributed by atoms with Crippen LogP contribution in [-0.4, -0.2) is 58.6 Å². The molecule has 2 atom stereocenters. The summed E-state index contributed by atoms with van der Waals surface area (Å²) in [6, 6.07) is 19.2. The molecule has 10 heteroatoms. The van der Waals surface area contributed by atoms with E-state index in [2.05, 4.69) is 21.2 Å². The largest absolute Gasteiger partial charge is 0.487 e. The Morgan fingerprint density at radius 2 is 1.72 bits per heavy atom. The zero-order chi connectivity index (χ0) is 30.9. The lowest BCUT2D eigenvalue weighted by Gasteiger charge is -2.36. The summed E-state index contributed by atoms with van der Waals surface area (Å²) >= 11 is 9.80. The molecule has 0 saturated carbocycles. The molecule has 3 aromatic rings. The van der Waals surface area contributed by atoms with Gasteiger partial charge in [-0.2, -0.15) is 0 Å². The first-order chi connectivity index (χ1) is 20.4. The minimum Gasteiger partial charge on any atom is -0.487 e. The van der Waals surface area contributed by atoms with E-state index in [-0.39, 0.29) is 24.3 Å². The van der Waals surface area contributed by atoms with Crippen molar-refractivity contribution in [1.82, 2.24) is 15.1 Å². The van der Waals surface area contributed by atoms with E-state index in [1.165, 1.54) is 0 Å². The van der Waals surface area contributed by atoms with E-state index in [1.54, 1.807) is 40.1 Å². The maximum Gasteiger partial charge on any atom is 0.326 e. The number of hydrogen-bond acceptors (Lipinski definition) is 5. The molecule has 2 heterocycles. The molecule has 8 nitrogen and oxygen atoms in total. The quantitative estimate of drug-likeness (QED) is 0.288. The molecule has 2 aliphatic heterocycles. The molecule has 43 heavy (non-hydrogen) atoms. The number of carbonyl (C=O) groups is 3. The minimum absolute atomic E-state index is 0.0160. The molecule has 0 aromatic heterocycles. The van der Waals surface area contributed by atoms with Crippen LogP contribution in [0.25, 0.3) is 0 Å². The third kappa shape index (κ3) is 6.78. The molecule has 224 valence electrons. The summed E-state index contributed by atoms with van der Waals surface area (Å²) in [5.41, 5.74) is 2.25. The van der Waals surface area contributed by atoms with Crippen molar-refractivity contribution in [3.05, 3.63) is 98.5 Å². The third-order valence-electron chi connectivity index (χ3n) is 7.29. The van der Waals surface area contributed by atoms with Crippen LogP contribution in [-0.2, 0) is 4.79 Å². The number of urea groups is 1. The Hall–Kier alpha value is -3.69. The number of amides is 3. The van der Waals surface area contributed by atoms with Gasteiger partial charge < -0.3 is 15.0 Å². The summed E-state index contributed by atoms with van der Waals surface area (Å²) < 4.78 is 7.33. The number of carbonyl (C=O) groups excluding carboxylic acids is 3. The molecule has 2 aliphatic rings. The highest BCUT2D eigenvalue weighted by molar-refractivity contribution is 9.10. The zero-order valence-corrected chi connectivity index (χ0v) is 26.9. The molecule has 0 radical (unpaired) electrons. The van der Waals surface area contributed by atoms with Gasteiger partial charge in [0.15, 0.2) is 5.78 Å². The van der Waals surface area contributed by atoms with Crippen molar-refractivity contribution in [1.29, 1.82) is 0 Å². The predicted molar refractivity (Wildman–Crippen MR) is 171 cm³/mol. The Morgan fingerprint density at radius 1 is 1.05 bits per heavy atom. The zero-order valence-electron chi connectivity index (χ0n) is 24.6. The molecule has 3 aromatic carbocycles. The van der Waals surface area contributed by atoms with E-state index in [0.29, 0.717) is 47.2 Å². The lowest BCUT2D eigenvalue weighted by Crippen LogP contribution is -2.55. The van der Waals surface area contributed by atoms with Gasteiger partial charge in [0.25, 0.3) is 0 Å². The van der Waals surface area contributed by atoms with Gasteiger partial charge in [0.05, 0.1) is 11.6 Å². The van der Waals surface area contributed by atoms with Gasteiger partial charge in [0.1, 0.15) is 29.8 Å². The lowest BCUT2D eigenvalue weighted by molar-refractivity contribution is -0.123. The molecule has 2 unspecified atom stereocenters. The topological polar surface area (TPSA) is 91.3 Å². The second kappa shape index (κ2) is 12.5. The number of piperazine rings is 1. The van der Waals surface area contributed by atoms with E-state index in [0.717, 1.165) is 15.6 Å². The molecule has 3 amide bonds. The Labute approximate surface area is 265 Å². The van der Waals surface area contributed by atoms with Crippen LogP contribution in [0.5, 0.6) is 5.75 Å². The van der Waals surface area contributed by atoms with Gasteiger partial charge in [-0.1, -0.05) is 64.8 Å². The first-order valence-electron chi connectivity index (χ1n) is 14.3. The maximum atomic E-state index is 14.5. The number of nitrogens with one attached hydrogen (secondary N) is 1. The van der Waals surface area contributed by atoms with Crippen LogP contribution in [0, 0.1) is 0 Å². The standard InChI is InChI=1S/C33H34BrClN4O4/c1-5-26(40)22-10-15-25(27(18-22)43-33(2,3)4)31-37-29(20-6-11-23(34)12-7-20)30(21-8-13-24(35)14-9-21)39(31)32(42)38-17-16-36-28(41)19-38/h6-15,18,29-30H,5,16-17,19H2,1-4H3,(H,36,41). The highest BCUT2D eigenvalue weighted by Crippen LogP contribution is 2.46. The molecule has 0 spiro atoms. The average Bonchev–Trinajstić information content (AvgIpc) is 3.36. The van der Waals surface area contributed by atoms with Crippen molar-refractivity contribution in [3.63, 3.8) is 0 Å². The van der Waals surface area contributed by atoms with Gasteiger partial charge in [-0.25, -0.2) is 4.79 Å². The number of hydrogen-bond donors (Lipinski definition) is 1. The second-order valence-electron chi connectivity index (χ2n) is 11.6. The number of ketones is 1. The molecule has 0 bridgehead atoms. The number of Topliss-reactive ketones (excluding diaryl/α,β-unsaturated/α-hetero) is 1. The summed E-state index contributed by atoms with van der Waals surface area (Å²) in [6.07, 6.45) is 0.348. The van der Waals surface area contributed by atoms with Gasteiger partial charge in [0, 0.05) is 34.6 Å². The van der Waals surface area contributed by atoms with E-state index in [4.69, 9.17) is 21.3 Å². The van der Waals surface area contributed by atoms with Crippen LogP contribution < -0.4 is 10.1 Å². The fraction of sp³-hybridized carbons (Fsp3) is 0.333. The van der Waals surface area contributed by atoms with Gasteiger partial charge >= 0.3 is 6.03 Å². The smallest absolute Gasteiger partial charge is 0.326 e. The number of halogens is 2. The number of amidine groups is 1. The molecule has 1 fully saturated rings. The van der Waals surface area contributed by atoms with Crippen molar-refractivity contribution in [2.45, 2.75) is 51.8 Å². The molecular weight excluding hydrogens is 632 g/mol. The van der Waals surface area contributed by atoms with E-state index < -0.39 is 17.7 Å². The number of ether oxygens (including phenoxy) is 1. The third-order valence-corrected chi connectivity index (χ3v) is 8.07. The monoisotopic (exact) mass is 664 g/mol. The number of aliphatic imine (C=N–C) groups is 1. The Morgan fingerprint density at radius 3 is 2.35 bits per heavy atom. The van der Waals surface area contributed by atoms with Crippen LogP contribution in [0.2, 0.25) is 5.02 Å². The van der Waals surface area contributed by atoms with Gasteiger partial charge in [-0.05, 0) is 68.3 Å². The fourth-order valence-corrected chi connectivity index (χ4v) is 5.70. The van der Waals surface area contributed by atoms with Gasteiger partial charge in [-0.3, -0.25) is 19.5 Å². The number of rotatable bonds is 6. The Balaban J connectivity index is 1.73.